The van der Waals surface area contributed by atoms with Gasteiger partial charge in [-0.15, -0.1) is 0 Å². The van der Waals surface area contributed by atoms with Gasteiger partial charge in [0.25, 0.3) is 10.0 Å². The maximum Gasteiger partial charge on any atom is 0.265 e. The maximum atomic E-state index is 12.7. The summed E-state index contributed by atoms with van der Waals surface area (Å²) in [5.41, 5.74) is 0.540. The Morgan fingerprint density at radius 1 is 1.23 bits per heavy atom. The van der Waals surface area contributed by atoms with Crippen LogP contribution in [0.1, 0.15) is 26.5 Å². The molecule has 1 heterocycles. The lowest BCUT2D eigenvalue weighted by Crippen LogP contribution is -2.20. The smallest absolute Gasteiger partial charge is 0.265 e. The van der Waals surface area contributed by atoms with Crippen LogP contribution in [-0.4, -0.2) is 25.3 Å². The second-order valence-corrected chi connectivity index (χ2v) is 7.72. The van der Waals surface area contributed by atoms with E-state index in [9.17, 15) is 8.42 Å². The van der Waals surface area contributed by atoms with E-state index in [0.29, 0.717) is 17.1 Å². The Balaban J connectivity index is 2.48. The molecule has 7 heteroatoms. The average Bonchev–Trinajstić information content (AvgIpc) is 2.82. The molecule has 0 aliphatic heterocycles. The molecule has 0 aliphatic rings. The summed E-state index contributed by atoms with van der Waals surface area (Å²) in [6.45, 7) is 5.78. The molecule has 0 saturated heterocycles. The number of anilines is 1. The number of nitrogens with zero attached hydrogens (tertiary/aromatic N) is 2. The molecule has 0 amide bonds. The molecule has 1 aromatic carbocycles. The summed E-state index contributed by atoms with van der Waals surface area (Å²) in [5.74, 6) is 0.465. The van der Waals surface area contributed by atoms with Gasteiger partial charge in [-0.1, -0.05) is 32.9 Å². The third kappa shape index (κ3) is 3.24. The van der Waals surface area contributed by atoms with Crippen LogP contribution in [0, 0.1) is 0 Å². The van der Waals surface area contributed by atoms with Crippen molar-refractivity contribution in [1.82, 2.24) is 9.78 Å². The second kappa shape index (κ2) is 5.64. The summed E-state index contributed by atoms with van der Waals surface area (Å²) < 4.78 is 34.7. The molecule has 0 bridgehead atoms. The minimum Gasteiger partial charge on any atom is -0.495 e. The van der Waals surface area contributed by atoms with Crippen molar-refractivity contribution in [2.24, 2.45) is 7.05 Å². The first-order valence-electron chi connectivity index (χ1n) is 6.85. The van der Waals surface area contributed by atoms with Gasteiger partial charge < -0.3 is 4.74 Å². The van der Waals surface area contributed by atoms with Crippen LogP contribution in [0.4, 0.5) is 5.69 Å². The number of benzene rings is 1. The van der Waals surface area contributed by atoms with Crippen LogP contribution in [0.3, 0.4) is 0 Å². The molecular formula is C15H21N3O3S. The molecule has 1 aromatic heterocycles. The van der Waals surface area contributed by atoms with Gasteiger partial charge in [-0.25, -0.2) is 8.42 Å². The molecule has 22 heavy (non-hydrogen) atoms. The fourth-order valence-electron chi connectivity index (χ4n) is 2.11. The predicted octanol–water partition coefficient (Wildman–Crippen LogP) is 2.53. The summed E-state index contributed by atoms with van der Waals surface area (Å²) >= 11 is 0. The highest BCUT2D eigenvalue weighted by molar-refractivity contribution is 7.92. The van der Waals surface area contributed by atoms with E-state index in [1.165, 1.54) is 18.0 Å². The van der Waals surface area contributed by atoms with E-state index in [4.69, 9.17) is 4.74 Å². The van der Waals surface area contributed by atoms with Crippen molar-refractivity contribution in [1.29, 1.82) is 0 Å². The van der Waals surface area contributed by atoms with E-state index >= 15 is 0 Å². The quantitative estimate of drug-likeness (QED) is 0.938. The molecule has 0 saturated carbocycles. The lowest BCUT2D eigenvalue weighted by atomic mass is 9.92. The summed E-state index contributed by atoms with van der Waals surface area (Å²) in [5, 5.41) is 4.30. The van der Waals surface area contributed by atoms with E-state index in [2.05, 4.69) is 9.82 Å². The first-order valence-corrected chi connectivity index (χ1v) is 8.33. The Morgan fingerprint density at radius 3 is 2.45 bits per heavy atom. The van der Waals surface area contributed by atoms with Crippen LogP contribution < -0.4 is 9.46 Å². The van der Waals surface area contributed by atoms with E-state index in [1.54, 1.807) is 31.3 Å². The van der Waals surface area contributed by atoms with E-state index in [-0.39, 0.29) is 10.3 Å². The van der Waals surface area contributed by atoms with Gasteiger partial charge in [-0.2, -0.15) is 5.10 Å². The summed E-state index contributed by atoms with van der Waals surface area (Å²) in [6.07, 6.45) is 1.51. The number of methoxy groups -OCH3 is 1. The zero-order valence-corrected chi connectivity index (χ0v) is 14.2. The zero-order chi connectivity index (χ0) is 16.5. The Bertz CT molecular complexity index is 774. The normalized spacial score (nSPS) is 12.2. The second-order valence-electron chi connectivity index (χ2n) is 6.07. The third-order valence-corrected chi connectivity index (χ3v) is 4.51. The fourth-order valence-corrected chi connectivity index (χ4v) is 3.57. The highest BCUT2D eigenvalue weighted by Crippen LogP contribution is 2.31. The predicted molar refractivity (Wildman–Crippen MR) is 85.7 cm³/mol. The maximum absolute atomic E-state index is 12.7. The molecule has 6 nitrogen and oxygen atoms in total. The van der Waals surface area contributed by atoms with Crippen LogP contribution in [0.15, 0.2) is 35.4 Å². The number of rotatable bonds is 4. The van der Waals surface area contributed by atoms with Gasteiger partial charge in [-0.3, -0.25) is 9.40 Å². The minimum atomic E-state index is -3.75. The van der Waals surface area contributed by atoms with E-state index in [1.807, 2.05) is 20.8 Å². The molecule has 0 radical (unpaired) electrons. The lowest BCUT2D eigenvalue weighted by Gasteiger charge is -2.18. The molecule has 0 unspecified atom stereocenters. The van der Waals surface area contributed by atoms with Crippen LogP contribution in [-0.2, 0) is 22.5 Å². The average molecular weight is 323 g/mol. The standard InChI is InChI=1S/C15H21N3O3S/c1-15(2,3)14-13(10-18(4)16-14)22(19,20)17-11-8-6-7-9-12(11)21-5/h6-10,17H,1-5H3. The Kier molecular flexibility index (Phi) is 4.19. The molecule has 0 aliphatic carbocycles. The monoisotopic (exact) mass is 323 g/mol. The number of hydrogen-bond acceptors (Lipinski definition) is 4. The van der Waals surface area contributed by atoms with Gasteiger partial charge >= 0.3 is 0 Å². The van der Waals surface area contributed by atoms with Crippen molar-refractivity contribution in [3.63, 3.8) is 0 Å². The SMILES string of the molecule is COc1ccccc1NS(=O)(=O)c1cn(C)nc1C(C)(C)C. The van der Waals surface area contributed by atoms with Crippen molar-refractivity contribution in [3.8, 4) is 5.75 Å². The summed E-state index contributed by atoms with van der Waals surface area (Å²) in [7, 11) is -0.549. The highest BCUT2D eigenvalue weighted by atomic mass is 32.2. The fraction of sp³-hybridized carbons (Fsp3) is 0.400. The molecule has 120 valence electrons. The molecule has 0 spiro atoms. The van der Waals surface area contributed by atoms with Crippen molar-refractivity contribution in [2.45, 2.75) is 31.1 Å². The van der Waals surface area contributed by atoms with Crippen molar-refractivity contribution >= 4 is 15.7 Å². The van der Waals surface area contributed by atoms with Crippen molar-refractivity contribution < 1.29 is 13.2 Å². The number of sulfonamides is 1. The van der Waals surface area contributed by atoms with Gasteiger partial charge in [0.05, 0.1) is 18.5 Å². The number of hydrogen-bond donors (Lipinski definition) is 1. The Hall–Kier alpha value is -2.02. The van der Waals surface area contributed by atoms with Crippen LogP contribution >= 0.6 is 0 Å². The van der Waals surface area contributed by atoms with Crippen molar-refractivity contribution in [3.05, 3.63) is 36.2 Å². The Morgan fingerprint density at radius 2 is 1.86 bits per heavy atom. The lowest BCUT2D eigenvalue weighted by molar-refractivity contribution is 0.417. The van der Waals surface area contributed by atoms with E-state index < -0.39 is 10.0 Å². The minimum absolute atomic E-state index is 0.174. The van der Waals surface area contributed by atoms with Gasteiger partial charge in [0, 0.05) is 18.7 Å². The molecule has 0 fully saturated rings. The van der Waals surface area contributed by atoms with E-state index in [0.717, 1.165) is 0 Å². The van der Waals surface area contributed by atoms with Gasteiger partial charge in [0.1, 0.15) is 10.6 Å². The zero-order valence-electron chi connectivity index (χ0n) is 13.4. The molecular weight excluding hydrogens is 302 g/mol. The first kappa shape index (κ1) is 16.4. The topological polar surface area (TPSA) is 73.2 Å². The number of aryl methyl sites for hydroxylation is 1. The van der Waals surface area contributed by atoms with Crippen molar-refractivity contribution in [2.75, 3.05) is 11.8 Å². The molecule has 2 aromatic rings. The van der Waals surface area contributed by atoms with Gasteiger partial charge in [0.15, 0.2) is 0 Å². The molecule has 2 rings (SSSR count). The summed E-state index contributed by atoms with van der Waals surface area (Å²) in [4.78, 5) is 0.174. The van der Waals surface area contributed by atoms with Gasteiger partial charge in [0.2, 0.25) is 0 Å². The largest absolute Gasteiger partial charge is 0.495 e. The van der Waals surface area contributed by atoms with Gasteiger partial charge in [-0.05, 0) is 12.1 Å². The summed E-state index contributed by atoms with van der Waals surface area (Å²) in [6, 6.07) is 6.88. The van der Waals surface area contributed by atoms with Crippen LogP contribution in [0.5, 0.6) is 5.75 Å². The van der Waals surface area contributed by atoms with Crippen LogP contribution in [0.25, 0.3) is 0 Å². The number of para-hydroxylation sites is 2. The number of ether oxygens (including phenoxy) is 1. The third-order valence-electron chi connectivity index (χ3n) is 3.15. The molecule has 0 atom stereocenters. The van der Waals surface area contributed by atoms with Crippen LogP contribution in [0.2, 0.25) is 0 Å². The Labute approximate surface area is 131 Å². The number of aromatic nitrogens is 2. The number of nitrogens with one attached hydrogen (secondary N) is 1. The molecule has 1 N–H and O–H groups in total. The first-order chi connectivity index (χ1) is 10.1. The highest BCUT2D eigenvalue weighted by Gasteiger charge is 2.30.